The van der Waals surface area contributed by atoms with Crippen molar-refractivity contribution in [2.45, 2.75) is 36.5 Å². The smallest absolute Gasteiger partial charge is 0.306 e. The average molecular weight is 769 g/mol. The first-order valence-electron chi connectivity index (χ1n) is 15.0. The van der Waals surface area contributed by atoms with Gasteiger partial charge in [0.25, 0.3) is 19.1 Å². The van der Waals surface area contributed by atoms with Crippen LogP contribution in [0.4, 0.5) is 17.1 Å². The highest BCUT2D eigenvalue weighted by Crippen LogP contribution is 2.32. The highest BCUT2D eigenvalue weighted by molar-refractivity contribution is 8.14. The molecule has 0 radical (unpaired) electrons. The van der Waals surface area contributed by atoms with Crippen LogP contribution in [0, 0.1) is 11.8 Å². The Morgan fingerprint density at radius 3 is 1.75 bits per heavy atom. The highest BCUT2D eigenvalue weighted by Gasteiger charge is 2.20. The van der Waals surface area contributed by atoms with E-state index in [4.69, 9.17) is 22.3 Å². The molecule has 0 unspecified atom stereocenters. The molecule has 0 bridgehead atoms. The zero-order valence-corrected chi connectivity index (χ0v) is 30.6. The highest BCUT2D eigenvalue weighted by atomic mass is 35.7. The van der Waals surface area contributed by atoms with E-state index in [2.05, 4.69) is 31.9 Å². The van der Waals surface area contributed by atoms with Gasteiger partial charge in [0.1, 0.15) is 0 Å². The molecule has 0 fully saturated rings. The molecule has 0 aliphatic heterocycles. The van der Waals surface area contributed by atoms with Crippen molar-refractivity contribution >= 4 is 97.7 Å². The first-order chi connectivity index (χ1) is 24.1. The maximum Gasteiger partial charge on any atom is 0.306 e. The van der Waals surface area contributed by atoms with Crippen LogP contribution < -0.4 is 15.4 Å². The molecule has 0 aliphatic carbocycles. The van der Waals surface area contributed by atoms with E-state index in [0.29, 0.717) is 43.5 Å². The van der Waals surface area contributed by atoms with Gasteiger partial charge in [-0.05, 0) is 42.5 Å². The third-order valence-electron chi connectivity index (χ3n) is 7.07. The number of hydrogen-bond acceptors (Lipinski definition) is 8. The Morgan fingerprint density at radius 1 is 0.706 bits per heavy atom. The maximum absolute atomic E-state index is 13.3. The standard InChI is InChI=1S/C24H21ClN2O5S.C12H10ClNO3S/c1-16(28)26-22-10-5-9-20-19(22)8-6-11-23(20)33(30,31)27-21-14-13-18(25)15-17(21)7-3-4-12-24(29)32-2;1-8(15)14-11-6-2-5-10-9(11)4-3-7-12(10)18(13,16)17/h5-6,8-11,13-15,27H,4,12H2,1-2H3,(H,26,28);2-7H,1H3,(H,14,15). The molecule has 0 aromatic heterocycles. The zero-order valence-electron chi connectivity index (χ0n) is 27.4. The molecular formula is C36H31Cl2N3O8S2. The number of fused-ring (bicyclic) bond motifs is 2. The van der Waals surface area contributed by atoms with Crippen LogP contribution in [0.1, 0.15) is 32.3 Å². The van der Waals surface area contributed by atoms with E-state index in [1.807, 2.05) is 0 Å². The van der Waals surface area contributed by atoms with Crippen molar-refractivity contribution in [1.82, 2.24) is 0 Å². The van der Waals surface area contributed by atoms with Crippen molar-refractivity contribution in [3.8, 4) is 11.8 Å². The van der Waals surface area contributed by atoms with E-state index >= 15 is 0 Å². The lowest BCUT2D eigenvalue weighted by Gasteiger charge is -2.14. The van der Waals surface area contributed by atoms with E-state index < -0.39 is 19.1 Å². The number of anilines is 3. The summed E-state index contributed by atoms with van der Waals surface area (Å²) >= 11 is 6.07. The predicted molar refractivity (Wildman–Crippen MR) is 200 cm³/mol. The van der Waals surface area contributed by atoms with Crippen LogP contribution in [0.25, 0.3) is 21.5 Å². The van der Waals surface area contributed by atoms with E-state index in [9.17, 15) is 31.2 Å². The van der Waals surface area contributed by atoms with Crippen LogP contribution in [0.3, 0.4) is 0 Å². The van der Waals surface area contributed by atoms with Crippen LogP contribution >= 0.6 is 22.3 Å². The minimum atomic E-state index is -4.02. The molecule has 5 rings (SSSR count). The second-order valence-electron chi connectivity index (χ2n) is 10.8. The summed E-state index contributed by atoms with van der Waals surface area (Å²) in [4.78, 5) is 33.9. The van der Waals surface area contributed by atoms with Crippen LogP contribution in [0.5, 0.6) is 0 Å². The minimum absolute atomic E-state index is 0.0360. The fourth-order valence-corrected chi connectivity index (χ4v) is 7.50. The summed E-state index contributed by atoms with van der Waals surface area (Å²) in [5.41, 5.74) is 1.69. The number of sulfonamides is 1. The van der Waals surface area contributed by atoms with Crippen LogP contribution in [0.15, 0.2) is 101 Å². The number of benzene rings is 5. The maximum atomic E-state index is 13.3. The number of rotatable bonds is 8. The molecule has 0 aliphatic rings. The summed E-state index contributed by atoms with van der Waals surface area (Å²) in [6.07, 6.45) is 0.373. The molecule has 0 saturated heterocycles. The summed E-state index contributed by atoms with van der Waals surface area (Å²) in [7, 11) is -1.15. The Hall–Kier alpha value is -5.13. The van der Waals surface area contributed by atoms with Gasteiger partial charge in [0.15, 0.2) is 0 Å². The molecule has 51 heavy (non-hydrogen) atoms. The van der Waals surface area contributed by atoms with Crippen molar-refractivity contribution in [1.29, 1.82) is 0 Å². The number of hydrogen-bond donors (Lipinski definition) is 3. The molecule has 5 aromatic carbocycles. The van der Waals surface area contributed by atoms with Crippen LogP contribution in [-0.4, -0.2) is 41.7 Å². The summed E-state index contributed by atoms with van der Waals surface area (Å²) in [5, 5.41) is 7.92. The lowest BCUT2D eigenvalue weighted by Crippen LogP contribution is -2.14. The average Bonchev–Trinajstić information content (AvgIpc) is 3.07. The molecule has 0 spiro atoms. The van der Waals surface area contributed by atoms with E-state index in [-0.39, 0.29) is 46.1 Å². The molecule has 0 heterocycles. The summed E-state index contributed by atoms with van der Waals surface area (Å²) in [5.74, 6) is 4.83. The van der Waals surface area contributed by atoms with Gasteiger partial charge in [-0.2, -0.15) is 0 Å². The van der Waals surface area contributed by atoms with Gasteiger partial charge in [-0.15, -0.1) is 0 Å². The largest absolute Gasteiger partial charge is 0.469 e. The third kappa shape index (κ3) is 10.2. The number of nitrogens with one attached hydrogen (secondary N) is 3. The normalized spacial score (nSPS) is 11.0. The molecule has 3 N–H and O–H groups in total. The summed E-state index contributed by atoms with van der Waals surface area (Å²) in [6.45, 7) is 2.77. The molecule has 264 valence electrons. The number of halogens is 2. The second-order valence-corrected chi connectivity index (χ2v) is 15.4. The fourth-order valence-electron chi connectivity index (χ4n) is 4.94. The van der Waals surface area contributed by atoms with Crippen molar-refractivity contribution in [3.63, 3.8) is 0 Å². The van der Waals surface area contributed by atoms with Crippen LogP contribution in [-0.2, 0) is 38.2 Å². The van der Waals surface area contributed by atoms with Gasteiger partial charge in [0.2, 0.25) is 11.8 Å². The van der Waals surface area contributed by atoms with Crippen molar-refractivity contribution in [2.24, 2.45) is 0 Å². The molecular weight excluding hydrogens is 737 g/mol. The number of ether oxygens (including phenoxy) is 1. The Morgan fingerprint density at radius 2 is 1.22 bits per heavy atom. The summed E-state index contributed by atoms with van der Waals surface area (Å²) < 4.78 is 56.7. The number of carbonyl (C=O) groups is 3. The lowest BCUT2D eigenvalue weighted by atomic mass is 10.1. The fraction of sp³-hybridized carbons (Fsp3) is 0.139. The first kappa shape index (κ1) is 38.7. The Labute approximate surface area is 304 Å². The zero-order chi connectivity index (χ0) is 37.3. The van der Waals surface area contributed by atoms with Crippen molar-refractivity contribution < 1.29 is 36.0 Å². The third-order valence-corrected chi connectivity index (χ3v) is 10.1. The number of methoxy groups -OCH3 is 1. The number of carbonyl (C=O) groups excluding carboxylic acids is 3. The molecule has 11 nitrogen and oxygen atoms in total. The summed E-state index contributed by atoms with van der Waals surface area (Å²) in [6, 6.07) is 24.3. The first-order valence-corrected chi connectivity index (χ1v) is 19.2. The molecule has 5 aromatic rings. The quantitative estimate of drug-likeness (QED) is 0.0842. The molecule has 0 atom stereocenters. The topological polar surface area (TPSA) is 165 Å². The van der Waals surface area contributed by atoms with Gasteiger partial charge in [-0.3, -0.25) is 19.1 Å². The number of esters is 1. The van der Waals surface area contributed by atoms with Crippen LogP contribution in [0.2, 0.25) is 5.02 Å². The SMILES string of the molecule is CC(=O)Nc1cccc2c(S(=O)(=O)Cl)cccc12.COC(=O)CCC#Cc1cc(Cl)ccc1NS(=O)(=O)c1cccc2c(NC(C)=O)cccc12. The lowest BCUT2D eigenvalue weighted by molar-refractivity contribution is -0.140. The second kappa shape index (κ2) is 16.7. The number of amides is 2. The Kier molecular flexibility index (Phi) is 12.7. The van der Waals surface area contributed by atoms with Gasteiger partial charge >= 0.3 is 5.97 Å². The van der Waals surface area contributed by atoms with Gasteiger partial charge in [0.05, 0.1) is 34.6 Å². The molecule has 0 saturated carbocycles. The van der Waals surface area contributed by atoms with Gasteiger partial charge in [-0.1, -0.05) is 72.0 Å². The predicted octanol–water partition coefficient (Wildman–Crippen LogP) is 7.28. The van der Waals surface area contributed by atoms with Gasteiger partial charge in [-0.25, -0.2) is 16.8 Å². The van der Waals surface area contributed by atoms with Crippen molar-refractivity contribution in [3.05, 3.63) is 102 Å². The molecule has 2 amide bonds. The van der Waals surface area contributed by atoms with Crippen molar-refractivity contribution in [2.75, 3.05) is 22.5 Å². The Balaban J connectivity index is 0.000000272. The Bertz CT molecular complexity index is 2440. The van der Waals surface area contributed by atoms with E-state index in [1.54, 1.807) is 72.8 Å². The van der Waals surface area contributed by atoms with Gasteiger partial charge in [0, 0.05) is 68.9 Å². The van der Waals surface area contributed by atoms with E-state index in [0.717, 1.165) is 0 Å². The monoisotopic (exact) mass is 767 g/mol. The van der Waals surface area contributed by atoms with Gasteiger partial charge < -0.3 is 15.4 Å². The molecule has 15 heteroatoms. The minimum Gasteiger partial charge on any atom is -0.469 e. The van der Waals surface area contributed by atoms with E-state index in [1.165, 1.54) is 39.2 Å².